The summed E-state index contributed by atoms with van der Waals surface area (Å²) in [7, 11) is 0. The predicted octanol–water partition coefficient (Wildman–Crippen LogP) is 2.34. The second-order valence-corrected chi connectivity index (χ2v) is 5.22. The number of benzene rings is 1. The lowest BCUT2D eigenvalue weighted by Crippen LogP contribution is -2.38. The monoisotopic (exact) mass is 277 g/mol. The highest BCUT2D eigenvalue weighted by molar-refractivity contribution is 5.73. The van der Waals surface area contributed by atoms with Crippen molar-refractivity contribution in [2.45, 2.75) is 26.4 Å². The van der Waals surface area contributed by atoms with Gasteiger partial charge in [0, 0.05) is 6.54 Å². The third-order valence-corrected chi connectivity index (χ3v) is 3.60. The first-order valence-electron chi connectivity index (χ1n) is 7.28. The molecule has 1 aliphatic carbocycles. The zero-order chi connectivity index (χ0) is 14.2. The average molecular weight is 277 g/mol. The fraction of sp³-hybridized carbons (Fsp3) is 0.562. The summed E-state index contributed by atoms with van der Waals surface area (Å²) in [5, 5.41) is 3.27. The maximum absolute atomic E-state index is 11.4. The van der Waals surface area contributed by atoms with Crippen LogP contribution >= 0.6 is 0 Å². The van der Waals surface area contributed by atoms with Crippen LogP contribution in [0, 0.1) is 11.8 Å². The van der Waals surface area contributed by atoms with Crippen LogP contribution in [-0.2, 0) is 20.9 Å². The molecule has 2 rings (SSSR count). The van der Waals surface area contributed by atoms with Crippen molar-refractivity contribution in [2.24, 2.45) is 11.8 Å². The van der Waals surface area contributed by atoms with Crippen LogP contribution in [0.4, 0.5) is 0 Å². The Balaban J connectivity index is 1.48. The van der Waals surface area contributed by atoms with Crippen molar-refractivity contribution in [1.82, 2.24) is 5.32 Å². The highest BCUT2D eigenvalue weighted by atomic mass is 16.5. The van der Waals surface area contributed by atoms with Gasteiger partial charge in [0.1, 0.15) is 0 Å². The number of hydrogen-bond donors (Lipinski definition) is 1. The SMILES string of the molecule is CCOC(=O)C1CC(CNCOCc2ccccc2)C1. The van der Waals surface area contributed by atoms with Gasteiger partial charge in [-0.15, -0.1) is 0 Å². The quantitative estimate of drug-likeness (QED) is 0.450. The van der Waals surface area contributed by atoms with E-state index in [1.54, 1.807) is 0 Å². The summed E-state index contributed by atoms with van der Waals surface area (Å²) >= 11 is 0. The molecule has 1 saturated carbocycles. The predicted molar refractivity (Wildman–Crippen MR) is 76.9 cm³/mol. The standard InChI is InChI=1S/C16H23NO3/c1-2-20-16(18)15-8-14(9-15)10-17-12-19-11-13-6-4-3-5-7-13/h3-7,14-15,17H,2,8-12H2,1H3. The Labute approximate surface area is 120 Å². The van der Waals surface area contributed by atoms with Gasteiger partial charge >= 0.3 is 5.97 Å². The first kappa shape index (κ1) is 15.0. The molecule has 0 heterocycles. The fourth-order valence-electron chi connectivity index (χ4n) is 2.43. The number of carbonyl (C=O) groups is 1. The molecular weight excluding hydrogens is 254 g/mol. The lowest BCUT2D eigenvalue weighted by molar-refractivity contribution is -0.152. The van der Waals surface area contributed by atoms with Crippen LogP contribution in [-0.4, -0.2) is 25.9 Å². The van der Waals surface area contributed by atoms with E-state index in [4.69, 9.17) is 9.47 Å². The summed E-state index contributed by atoms with van der Waals surface area (Å²) in [6, 6.07) is 10.1. The van der Waals surface area contributed by atoms with Gasteiger partial charge in [0.05, 0.1) is 25.9 Å². The van der Waals surface area contributed by atoms with Gasteiger partial charge in [-0.1, -0.05) is 30.3 Å². The molecule has 0 unspecified atom stereocenters. The number of ether oxygens (including phenoxy) is 2. The Morgan fingerprint density at radius 1 is 1.30 bits per heavy atom. The van der Waals surface area contributed by atoms with Gasteiger partial charge in [-0.25, -0.2) is 0 Å². The molecule has 0 radical (unpaired) electrons. The molecule has 1 aromatic carbocycles. The first-order chi connectivity index (χ1) is 9.79. The van der Waals surface area contributed by atoms with E-state index in [0.29, 0.717) is 25.9 Å². The van der Waals surface area contributed by atoms with Crippen molar-refractivity contribution < 1.29 is 14.3 Å². The number of carbonyl (C=O) groups excluding carboxylic acids is 1. The Morgan fingerprint density at radius 3 is 2.75 bits per heavy atom. The molecule has 0 atom stereocenters. The van der Waals surface area contributed by atoms with Gasteiger partial charge in [0.2, 0.25) is 0 Å². The Bertz CT molecular complexity index is 401. The van der Waals surface area contributed by atoms with Gasteiger partial charge in [-0.05, 0) is 31.2 Å². The van der Waals surface area contributed by atoms with Crippen molar-refractivity contribution in [3.05, 3.63) is 35.9 Å². The highest BCUT2D eigenvalue weighted by Crippen LogP contribution is 2.33. The number of nitrogens with one attached hydrogen (secondary N) is 1. The third kappa shape index (κ3) is 4.62. The van der Waals surface area contributed by atoms with Crippen molar-refractivity contribution in [1.29, 1.82) is 0 Å². The van der Waals surface area contributed by atoms with Crippen LogP contribution in [0.2, 0.25) is 0 Å². The summed E-state index contributed by atoms with van der Waals surface area (Å²) in [4.78, 5) is 11.4. The van der Waals surface area contributed by atoms with E-state index in [2.05, 4.69) is 17.4 Å². The molecule has 0 aromatic heterocycles. The summed E-state index contributed by atoms with van der Waals surface area (Å²) in [6.45, 7) is 4.41. The van der Waals surface area contributed by atoms with E-state index in [-0.39, 0.29) is 11.9 Å². The van der Waals surface area contributed by atoms with Gasteiger partial charge in [0.25, 0.3) is 0 Å². The first-order valence-corrected chi connectivity index (χ1v) is 7.28. The number of rotatable bonds is 8. The smallest absolute Gasteiger partial charge is 0.308 e. The van der Waals surface area contributed by atoms with Crippen molar-refractivity contribution in [3.63, 3.8) is 0 Å². The van der Waals surface area contributed by atoms with E-state index < -0.39 is 0 Å². The molecule has 20 heavy (non-hydrogen) atoms. The average Bonchev–Trinajstić information content (AvgIpc) is 2.41. The van der Waals surface area contributed by atoms with Crippen LogP contribution in [0.3, 0.4) is 0 Å². The van der Waals surface area contributed by atoms with Gasteiger partial charge in [-0.2, -0.15) is 0 Å². The minimum absolute atomic E-state index is 0.0379. The molecule has 0 spiro atoms. The van der Waals surface area contributed by atoms with Crippen LogP contribution in [0.1, 0.15) is 25.3 Å². The molecule has 110 valence electrons. The molecule has 0 amide bonds. The third-order valence-electron chi connectivity index (χ3n) is 3.60. The molecule has 0 aliphatic heterocycles. The molecule has 1 aromatic rings. The van der Waals surface area contributed by atoms with Crippen LogP contribution in [0.15, 0.2) is 30.3 Å². The van der Waals surface area contributed by atoms with Crippen LogP contribution in [0.5, 0.6) is 0 Å². The molecule has 1 N–H and O–H groups in total. The lowest BCUT2D eigenvalue weighted by atomic mass is 9.75. The molecule has 0 bridgehead atoms. The van der Waals surface area contributed by atoms with Gasteiger partial charge in [0.15, 0.2) is 0 Å². The molecule has 4 heteroatoms. The summed E-state index contributed by atoms with van der Waals surface area (Å²) in [5.41, 5.74) is 1.18. The minimum Gasteiger partial charge on any atom is -0.466 e. The molecule has 1 fully saturated rings. The lowest BCUT2D eigenvalue weighted by Gasteiger charge is -2.33. The maximum atomic E-state index is 11.4. The zero-order valence-electron chi connectivity index (χ0n) is 12.0. The van der Waals surface area contributed by atoms with Crippen molar-refractivity contribution >= 4 is 5.97 Å². The van der Waals surface area contributed by atoms with E-state index >= 15 is 0 Å². The second-order valence-electron chi connectivity index (χ2n) is 5.22. The Hall–Kier alpha value is -1.39. The molecule has 4 nitrogen and oxygen atoms in total. The summed E-state index contributed by atoms with van der Waals surface area (Å²) in [6.07, 6.45) is 1.87. The van der Waals surface area contributed by atoms with E-state index in [0.717, 1.165) is 19.4 Å². The zero-order valence-corrected chi connectivity index (χ0v) is 12.0. The molecule has 0 saturated heterocycles. The van der Waals surface area contributed by atoms with E-state index in [9.17, 15) is 4.79 Å². The van der Waals surface area contributed by atoms with Crippen LogP contribution in [0.25, 0.3) is 0 Å². The Morgan fingerprint density at radius 2 is 2.05 bits per heavy atom. The number of hydrogen-bond acceptors (Lipinski definition) is 4. The van der Waals surface area contributed by atoms with Gasteiger partial charge in [-0.3, -0.25) is 10.1 Å². The Kier molecular flexibility index (Phi) is 6.02. The largest absolute Gasteiger partial charge is 0.466 e. The van der Waals surface area contributed by atoms with E-state index in [1.165, 1.54) is 5.56 Å². The minimum atomic E-state index is -0.0379. The summed E-state index contributed by atoms with van der Waals surface area (Å²) < 4.78 is 10.6. The van der Waals surface area contributed by atoms with Crippen molar-refractivity contribution in [3.8, 4) is 0 Å². The van der Waals surface area contributed by atoms with Crippen molar-refractivity contribution in [2.75, 3.05) is 19.9 Å². The van der Waals surface area contributed by atoms with Crippen LogP contribution < -0.4 is 5.32 Å². The summed E-state index contributed by atoms with van der Waals surface area (Å²) in [5.74, 6) is 0.654. The molecule has 1 aliphatic rings. The maximum Gasteiger partial charge on any atom is 0.308 e. The highest BCUT2D eigenvalue weighted by Gasteiger charge is 2.34. The molecular formula is C16H23NO3. The fourth-order valence-corrected chi connectivity index (χ4v) is 2.43. The number of esters is 1. The topological polar surface area (TPSA) is 47.6 Å². The second kappa shape index (κ2) is 8.02. The van der Waals surface area contributed by atoms with E-state index in [1.807, 2.05) is 25.1 Å². The normalized spacial score (nSPS) is 21.2. The van der Waals surface area contributed by atoms with Gasteiger partial charge < -0.3 is 9.47 Å².